The first-order chi connectivity index (χ1) is 12.7. The first-order valence-corrected chi connectivity index (χ1v) is 8.60. The minimum Gasteiger partial charge on any atom is -0.361 e. The second kappa shape index (κ2) is 8.28. The van der Waals surface area contributed by atoms with E-state index >= 15 is 0 Å². The Morgan fingerprint density at radius 1 is 1.15 bits per heavy atom. The Morgan fingerprint density at radius 3 is 2.81 bits per heavy atom. The number of H-pyrrole nitrogens is 1. The van der Waals surface area contributed by atoms with Crippen molar-refractivity contribution in [3.63, 3.8) is 0 Å². The van der Waals surface area contributed by atoms with Crippen LogP contribution in [0.4, 0.5) is 0 Å². The molecule has 0 saturated carbocycles. The van der Waals surface area contributed by atoms with E-state index in [9.17, 15) is 9.59 Å². The van der Waals surface area contributed by atoms with Crippen LogP contribution < -0.4 is 10.9 Å². The van der Waals surface area contributed by atoms with Gasteiger partial charge in [-0.2, -0.15) is 4.98 Å². The third-order valence-corrected chi connectivity index (χ3v) is 3.92. The second-order valence-corrected chi connectivity index (χ2v) is 5.99. The maximum atomic E-state index is 12.0. The number of benzene rings is 1. The molecule has 0 saturated heterocycles. The Labute approximate surface area is 150 Å². The lowest BCUT2D eigenvalue weighted by atomic mass is 10.1. The molecule has 2 aromatic heterocycles. The molecule has 0 radical (unpaired) electrons. The van der Waals surface area contributed by atoms with E-state index in [1.165, 1.54) is 0 Å². The maximum absolute atomic E-state index is 12.0. The fraction of sp³-hybridized carbons (Fsp3) is 0.333. The van der Waals surface area contributed by atoms with E-state index in [4.69, 9.17) is 4.52 Å². The SMILES string of the molecule is CCCc1noc(CCC(=O)NNC(=O)Cc2c[nH]c3ccccc23)n1. The topological polar surface area (TPSA) is 113 Å². The molecule has 0 atom stereocenters. The highest BCUT2D eigenvalue weighted by molar-refractivity contribution is 5.89. The fourth-order valence-electron chi connectivity index (χ4n) is 2.63. The van der Waals surface area contributed by atoms with Crippen molar-refractivity contribution >= 4 is 22.7 Å². The number of fused-ring (bicyclic) bond motifs is 1. The number of rotatable bonds is 7. The first-order valence-electron chi connectivity index (χ1n) is 8.60. The smallest absolute Gasteiger partial charge is 0.242 e. The van der Waals surface area contributed by atoms with Crippen LogP contribution in [0.2, 0.25) is 0 Å². The number of aromatic amines is 1. The van der Waals surface area contributed by atoms with Crippen LogP contribution in [-0.2, 0) is 28.9 Å². The molecule has 3 aromatic rings. The molecule has 0 aliphatic carbocycles. The van der Waals surface area contributed by atoms with Gasteiger partial charge in [-0.3, -0.25) is 20.4 Å². The van der Waals surface area contributed by atoms with E-state index in [1.54, 1.807) is 6.20 Å². The highest BCUT2D eigenvalue weighted by Crippen LogP contribution is 2.17. The zero-order valence-corrected chi connectivity index (χ0v) is 14.5. The Morgan fingerprint density at radius 2 is 1.96 bits per heavy atom. The van der Waals surface area contributed by atoms with Crippen LogP contribution >= 0.6 is 0 Å². The number of carbonyl (C=O) groups is 2. The Hall–Kier alpha value is -3.16. The van der Waals surface area contributed by atoms with Gasteiger partial charge in [0, 0.05) is 36.4 Å². The van der Waals surface area contributed by atoms with Gasteiger partial charge in [0.15, 0.2) is 5.82 Å². The van der Waals surface area contributed by atoms with E-state index in [-0.39, 0.29) is 24.7 Å². The Kier molecular flexibility index (Phi) is 5.62. The summed E-state index contributed by atoms with van der Waals surface area (Å²) < 4.78 is 5.07. The molecule has 2 heterocycles. The number of aryl methyl sites for hydroxylation is 2. The van der Waals surface area contributed by atoms with Gasteiger partial charge >= 0.3 is 0 Å². The van der Waals surface area contributed by atoms with Gasteiger partial charge < -0.3 is 9.51 Å². The zero-order valence-electron chi connectivity index (χ0n) is 14.5. The molecule has 0 spiro atoms. The molecule has 8 nitrogen and oxygen atoms in total. The van der Waals surface area contributed by atoms with Gasteiger partial charge in [-0.1, -0.05) is 30.3 Å². The van der Waals surface area contributed by atoms with Crippen LogP contribution in [-0.4, -0.2) is 26.9 Å². The number of nitrogens with one attached hydrogen (secondary N) is 3. The molecule has 8 heteroatoms. The summed E-state index contributed by atoms with van der Waals surface area (Å²) in [5.41, 5.74) is 6.68. The minimum atomic E-state index is -0.312. The summed E-state index contributed by atoms with van der Waals surface area (Å²) >= 11 is 0. The lowest BCUT2D eigenvalue weighted by Crippen LogP contribution is -2.42. The molecule has 3 rings (SSSR count). The van der Waals surface area contributed by atoms with E-state index in [1.807, 2.05) is 31.2 Å². The second-order valence-electron chi connectivity index (χ2n) is 5.99. The maximum Gasteiger partial charge on any atom is 0.242 e. The van der Waals surface area contributed by atoms with Gasteiger partial charge in [0.25, 0.3) is 0 Å². The number of hydrazine groups is 1. The lowest BCUT2D eigenvalue weighted by molar-refractivity contribution is -0.128. The Balaban J connectivity index is 1.43. The molecule has 136 valence electrons. The standard InChI is InChI=1S/C18H21N5O3/c1-2-5-15-20-18(26-23-15)9-8-16(24)21-22-17(25)10-12-11-19-14-7-4-3-6-13(12)14/h3-4,6-7,11,19H,2,5,8-10H2,1H3,(H,21,24)(H,22,25). The number of hydrogen-bond donors (Lipinski definition) is 3. The van der Waals surface area contributed by atoms with Gasteiger partial charge in [-0.05, 0) is 18.1 Å². The summed E-state index contributed by atoms with van der Waals surface area (Å²) in [6, 6.07) is 7.74. The molecule has 26 heavy (non-hydrogen) atoms. The number of nitrogens with zero attached hydrogens (tertiary/aromatic N) is 2. The largest absolute Gasteiger partial charge is 0.361 e. The normalized spacial score (nSPS) is 10.8. The quantitative estimate of drug-likeness (QED) is 0.560. The van der Waals surface area contributed by atoms with Crippen LogP contribution in [0.25, 0.3) is 10.9 Å². The lowest BCUT2D eigenvalue weighted by Gasteiger charge is -2.06. The van der Waals surface area contributed by atoms with Crippen LogP contribution in [0.3, 0.4) is 0 Å². The number of para-hydroxylation sites is 1. The molecule has 3 N–H and O–H groups in total. The zero-order chi connectivity index (χ0) is 18.4. The molecule has 0 fully saturated rings. The predicted molar refractivity (Wildman–Crippen MR) is 94.9 cm³/mol. The van der Waals surface area contributed by atoms with Crippen molar-refractivity contribution in [2.75, 3.05) is 0 Å². The predicted octanol–water partition coefficient (Wildman–Crippen LogP) is 1.83. The van der Waals surface area contributed by atoms with Crippen molar-refractivity contribution in [1.82, 2.24) is 26.0 Å². The molecular weight excluding hydrogens is 334 g/mol. The van der Waals surface area contributed by atoms with Crippen molar-refractivity contribution in [2.24, 2.45) is 0 Å². The molecule has 0 unspecified atom stereocenters. The monoisotopic (exact) mass is 355 g/mol. The molecule has 1 aromatic carbocycles. The summed E-state index contributed by atoms with van der Waals surface area (Å²) in [6.45, 7) is 2.03. The summed E-state index contributed by atoms with van der Waals surface area (Å²) in [4.78, 5) is 31.2. The molecule has 0 bridgehead atoms. The van der Waals surface area contributed by atoms with E-state index < -0.39 is 0 Å². The minimum absolute atomic E-state index is 0.154. The highest BCUT2D eigenvalue weighted by Gasteiger charge is 2.11. The van der Waals surface area contributed by atoms with Gasteiger partial charge in [-0.15, -0.1) is 0 Å². The highest BCUT2D eigenvalue weighted by atomic mass is 16.5. The van der Waals surface area contributed by atoms with Crippen LogP contribution in [0, 0.1) is 0 Å². The third kappa shape index (κ3) is 4.47. The van der Waals surface area contributed by atoms with Crippen LogP contribution in [0.5, 0.6) is 0 Å². The number of hydrogen-bond acceptors (Lipinski definition) is 5. The summed E-state index contributed by atoms with van der Waals surface area (Å²) in [5, 5.41) is 4.83. The molecule has 0 aliphatic rings. The van der Waals surface area contributed by atoms with Crippen molar-refractivity contribution in [3.8, 4) is 0 Å². The van der Waals surface area contributed by atoms with E-state index in [0.717, 1.165) is 29.3 Å². The summed E-state index contributed by atoms with van der Waals surface area (Å²) in [7, 11) is 0. The number of aromatic nitrogens is 3. The van der Waals surface area contributed by atoms with Crippen molar-refractivity contribution < 1.29 is 14.1 Å². The molecular formula is C18H21N5O3. The van der Waals surface area contributed by atoms with Crippen LogP contribution in [0.15, 0.2) is 35.0 Å². The van der Waals surface area contributed by atoms with Crippen LogP contribution in [0.1, 0.15) is 37.0 Å². The number of amides is 2. The Bertz CT molecular complexity index is 899. The van der Waals surface area contributed by atoms with E-state index in [2.05, 4.69) is 26.0 Å². The summed E-state index contributed by atoms with van der Waals surface area (Å²) in [5.74, 6) is 0.474. The number of carbonyl (C=O) groups excluding carboxylic acids is 2. The van der Waals surface area contributed by atoms with Gasteiger partial charge in [0.2, 0.25) is 17.7 Å². The average molecular weight is 355 g/mol. The molecule has 0 aliphatic heterocycles. The van der Waals surface area contributed by atoms with Gasteiger partial charge in [0.05, 0.1) is 6.42 Å². The van der Waals surface area contributed by atoms with Gasteiger partial charge in [0.1, 0.15) is 0 Å². The van der Waals surface area contributed by atoms with E-state index in [0.29, 0.717) is 18.1 Å². The van der Waals surface area contributed by atoms with Crippen molar-refractivity contribution in [1.29, 1.82) is 0 Å². The van der Waals surface area contributed by atoms with Crippen molar-refractivity contribution in [3.05, 3.63) is 47.7 Å². The third-order valence-electron chi connectivity index (χ3n) is 3.92. The molecule has 2 amide bonds. The van der Waals surface area contributed by atoms with Crippen molar-refractivity contribution in [2.45, 2.75) is 39.0 Å². The van der Waals surface area contributed by atoms with Gasteiger partial charge in [-0.25, -0.2) is 0 Å². The average Bonchev–Trinajstić information content (AvgIpc) is 3.26. The first kappa shape index (κ1) is 17.7. The summed E-state index contributed by atoms with van der Waals surface area (Å²) in [6.07, 6.45) is 4.15. The fourth-order valence-corrected chi connectivity index (χ4v) is 2.63.